The van der Waals surface area contributed by atoms with E-state index in [9.17, 15) is 19.0 Å². The smallest absolute Gasteiger partial charge is 0.306 e. The highest BCUT2D eigenvalue weighted by Crippen LogP contribution is 2.30. The van der Waals surface area contributed by atoms with Gasteiger partial charge in [0, 0.05) is 12.8 Å². The van der Waals surface area contributed by atoms with Crippen LogP contribution in [0.1, 0.15) is 194 Å². The highest BCUT2D eigenvalue weighted by atomic mass is 31.2. The van der Waals surface area contributed by atoms with Crippen LogP contribution in [0.25, 0.3) is 0 Å². The molecule has 0 aromatic carbocycles. The summed E-state index contributed by atoms with van der Waals surface area (Å²) in [6, 6.07) is 0. The summed E-state index contributed by atoms with van der Waals surface area (Å²) < 4.78 is 26.0. The monoisotopic (exact) mass is 673 g/mol. The van der Waals surface area contributed by atoms with Gasteiger partial charge in [-0.05, 0) is 38.5 Å². The summed E-state index contributed by atoms with van der Waals surface area (Å²) in [6.45, 7) is 3.58. The van der Waals surface area contributed by atoms with Crippen LogP contribution >= 0.6 is 7.82 Å². The molecule has 2 atom stereocenters. The number of hydrogen-bond acceptors (Lipinski definition) is 7. The number of rotatable bonds is 35. The van der Waals surface area contributed by atoms with E-state index in [4.69, 9.17) is 14.4 Å². The number of unbranched alkanes of at least 4 members (excludes halogenated alkanes) is 23. The molecule has 0 aliphatic carbocycles. The minimum atomic E-state index is -4.99. The van der Waals surface area contributed by atoms with E-state index < -0.39 is 32.5 Å². The topological polar surface area (TPSA) is 122 Å². The molecule has 46 heavy (non-hydrogen) atoms. The highest BCUT2D eigenvalue weighted by Gasteiger charge is 2.19. The van der Waals surface area contributed by atoms with Gasteiger partial charge in [0.25, 0.3) is 7.82 Å². The lowest BCUT2D eigenvalue weighted by Crippen LogP contribution is -2.30. The Bertz CT molecular complexity index is 766. The maximum Gasteiger partial charge on any atom is 0.306 e. The third-order valence-corrected chi connectivity index (χ3v) is 8.75. The van der Waals surface area contributed by atoms with E-state index >= 15 is 0 Å². The van der Waals surface area contributed by atoms with Crippen LogP contribution in [0.4, 0.5) is 0 Å². The van der Waals surface area contributed by atoms with Crippen LogP contribution in [0.2, 0.25) is 0 Å². The summed E-state index contributed by atoms with van der Waals surface area (Å²) in [6.07, 6.45) is 34.8. The summed E-state index contributed by atoms with van der Waals surface area (Å²) >= 11 is 0. The van der Waals surface area contributed by atoms with Gasteiger partial charge >= 0.3 is 11.9 Å². The van der Waals surface area contributed by atoms with Crippen LogP contribution in [0, 0.1) is 0 Å². The lowest BCUT2D eigenvalue weighted by molar-refractivity contribution is -0.223. The Hall–Kier alpha value is -1.21. The molecule has 2 unspecified atom stereocenters. The number of hydrogen-bond donors (Lipinski definition) is 1. The molecule has 0 aliphatic rings. The Labute approximate surface area is 282 Å². The summed E-state index contributed by atoms with van der Waals surface area (Å²) in [5.41, 5.74) is 0. The zero-order chi connectivity index (χ0) is 34.0. The predicted octanol–water partition coefficient (Wildman–Crippen LogP) is 10.4. The molecule has 9 heteroatoms. The van der Waals surface area contributed by atoms with Gasteiger partial charge in [0.15, 0.2) is 6.10 Å². The van der Waals surface area contributed by atoms with E-state index in [0.717, 1.165) is 51.4 Å². The maximum atomic E-state index is 12.3. The van der Waals surface area contributed by atoms with Gasteiger partial charge in [0.2, 0.25) is 0 Å². The number of esters is 2. The van der Waals surface area contributed by atoms with Crippen LogP contribution < -0.4 is 4.89 Å². The number of allylic oxidation sites excluding steroid dienone is 2. The van der Waals surface area contributed by atoms with Crippen molar-refractivity contribution < 1.29 is 37.9 Å². The molecule has 0 aliphatic heterocycles. The van der Waals surface area contributed by atoms with Crippen LogP contribution in [0.3, 0.4) is 0 Å². The minimum absolute atomic E-state index is 0.190. The third kappa shape index (κ3) is 35.6. The normalized spacial score (nSPS) is 13.6. The number of carbonyl (C=O) groups excluding carboxylic acids is 2. The Morgan fingerprint density at radius 3 is 1.37 bits per heavy atom. The third-order valence-electron chi connectivity index (χ3n) is 8.28. The van der Waals surface area contributed by atoms with E-state index in [-0.39, 0.29) is 19.4 Å². The molecule has 0 saturated carbocycles. The van der Waals surface area contributed by atoms with Crippen molar-refractivity contribution in [3.63, 3.8) is 0 Å². The standard InChI is InChI=1S/C37H71O8P/c1-3-5-7-9-11-13-15-17-18-20-22-24-26-28-30-32-37(39)45-35(34-44-46(40,41)42)33-43-36(38)31-29-27-25-23-21-19-16-14-12-10-8-6-4-2/h17-18,35H,3-16,19-34H2,1-2H3,(H2,40,41,42)/p-1/b18-17-. The van der Waals surface area contributed by atoms with E-state index in [1.807, 2.05) is 0 Å². The number of carbonyl (C=O) groups is 2. The first-order valence-corrected chi connectivity index (χ1v) is 20.5. The molecule has 0 fully saturated rings. The molecule has 0 rings (SSSR count). The van der Waals surface area contributed by atoms with Crippen molar-refractivity contribution in [3.05, 3.63) is 12.2 Å². The van der Waals surface area contributed by atoms with Gasteiger partial charge in [0.05, 0.1) is 6.61 Å². The SMILES string of the molecule is CCCCCCCC/C=C\CCCCCCCC(=O)OC(COC(=O)CCCCCCCCCCCCCCC)COP(=O)([O-])O. The fraction of sp³-hybridized carbons (Fsp3) is 0.892. The van der Waals surface area contributed by atoms with Crippen LogP contribution in [0.5, 0.6) is 0 Å². The van der Waals surface area contributed by atoms with Crippen molar-refractivity contribution in [1.29, 1.82) is 0 Å². The van der Waals surface area contributed by atoms with Gasteiger partial charge in [-0.25, -0.2) is 0 Å². The lowest BCUT2D eigenvalue weighted by atomic mass is 10.0. The zero-order valence-corrected chi connectivity index (χ0v) is 30.6. The van der Waals surface area contributed by atoms with Crippen molar-refractivity contribution in [2.45, 2.75) is 200 Å². The van der Waals surface area contributed by atoms with Gasteiger partial charge in [-0.15, -0.1) is 0 Å². The second-order valence-corrected chi connectivity index (χ2v) is 14.1. The molecule has 8 nitrogen and oxygen atoms in total. The van der Waals surface area contributed by atoms with Crippen LogP contribution in [-0.2, 0) is 28.2 Å². The van der Waals surface area contributed by atoms with Crippen LogP contribution in [-0.4, -0.2) is 36.1 Å². The average Bonchev–Trinajstić information content (AvgIpc) is 3.02. The fourth-order valence-electron chi connectivity index (χ4n) is 5.42. The fourth-order valence-corrected chi connectivity index (χ4v) is 5.78. The number of phosphoric ester groups is 1. The molecule has 0 bridgehead atoms. The molecule has 0 heterocycles. The molecule has 0 aromatic heterocycles. The summed E-state index contributed by atoms with van der Waals surface area (Å²) in [5, 5.41) is 0. The number of ether oxygens (including phenoxy) is 2. The first-order chi connectivity index (χ1) is 22.3. The second-order valence-electron chi connectivity index (χ2n) is 12.9. The van der Waals surface area contributed by atoms with Crippen molar-refractivity contribution >= 4 is 19.8 Å². The largest absolute Gasteiger partial charge is 0.756 e. The van der Waals surface area contributed by atoms with Crippen LogP contribution in [0.15, 0.2) is 12.2 Å². The molecule has 0 saturated heterocycles. The molecule has 0 aromatic rings. The summed E-state index contributed by atoms with van der Waals surface area (Å²) in [4.78, 5) is 44.5. The van der Waals surface area contributed by atoms with Gasteiger partial charge < -0.3 is 23.8 Å². The summed E-state index contributed by atoms with van der Waals surface area (Å²) in [5.74, 6) is -0.923. The molecule has 0 amide bonds. The lowest BCUT2D eigenvalue weighted by Gasteiger charge is -2.21. The predicted molar refractivity (Wildman–Crippen MR) is 186 cm³/mol. The Kier molecular flexibility index (Phi) is 32.8. The first kappa shape index (κ1) is 44.8. The van der Waals surface area contributed by atoms with E-state index in [1.165, 1.54) is 109 Å². The van der Waals surface area contributed by atoms with E-state index in [0.29, 0.717) is 6.42 Å². The average molecular weight is 674 g/mol. The molecule has 0 spiro atoms. The van der Waals surface area contributed by atoms with E-state index in [1.54, 1.807) is 0 Å². The van der Waals surface area contributed by atoms with Crippen molar-refractivity contribution in [2.75, 3.05) is 13.2 Å². The van der Waals surface area contributed by atoms with Gasteiger partial charge in [0.1, 0.15) is 6.61 Å². The minimum Gasteiger partial charge on any atom is -0.756 e. The highest BCUT2D eigenvalue weighted by molar-refractivity contribution is 7.44. The second kappa shape index (κ2) is 33.7. The van der Waals surface area contributed by atoms with Crippen molar-refractivity contribution in [3.8, 4) is 0 Å². The first-order valence-electron chi connectivity index (χ1n) is 19.0. The molecular weight excluding hydrogens is 603 g/mol. The Morgan fingerprint density at radius 2 is 0.957 bits per heavy atom. The summed E-state index contributed by atoms with van der Waals surface area (Å²) in [7, 11) is -4.99. The molecule has 272 valence electrons. The molecule has 0 radical (unpaired) electrons. The quantitative estimate of drug-likeness (QED) is 0.0305. The molecule has 1 N–H and O–H groups in total. The van der Waals surface area contributed by atoms with Crippen molar-refractivity contribution in [1.82, 2.24) is 0 Å². The van der Waals surface area contributed by atoms with E-state index in [2.05, 4.69) is 30.5 Å². The number of phosphoric acid groups is 1. The molecular formula is C37H70O8P-. The Morgan fingerprint density at radius 1 is 0.587 bits per heavy atom. The zero-order valence-electron chi connectivity index (χ0n) is 29.7. The van der Waals surface area contributed by atoms with Gasteiger partial charge in [-0.2, -0.15) is 0 Å². The van der Waals surface area contributed by atoms with Gasteiger partial charge in [-0.3, -0.25) is 14.2 Å². The Balaban J connectivity index is 3.96. The van der Waals surface area contributed by atoms with Gasteiger partial charge in [-0.1, -0.05) is 154 Å². The van der Waals surface area contributed by atoms with Crippen molar-refractivity contribution in [2.24, 2.45) is 0 Å². The maximum absolute atomic E-state index is 12.3.